The van der Waals surface area contributed by atoms with Crippen molar-refractivity contribution in [2.24, 2.45) is 40.4 Å². The summed E-state index contributed by atoms with van der Waals surface area (Å²) in [6.45, 7) is 6.74. The van der Waals surface area contributed by atoms with Gasteiger partial charge in [0, 0.05) is 18.8 Å². The van der Waals surface area contributed by atoms with E-state index in [1.165, 1.54) is 32.1 Å². The topological polar surface area (TPSA) is 34.1 Å². The molecule has 0 aromatic rings. The smallest absolute Gasteiger partial charge is 0.133 e. The largest absolute Gasteiger partial charge is 0.300 e. The Morgan fingerprint density at radius 3 is 2.43 bits per heavy atom. The van der Waals surface area contributed by atoms with E-state index < -0.39 is 0 Å². The summed E-state index contributed by atoms with van der Waals surface area (Å²) in [5.41, 5.74) is 0.660. The molecule has 23 heavy (non-hydrogen) atoms. The molecule has 4 saturated carbocycles. The van der Waals surface area contributed by atoms with E-state index in [1.807, 2.05) is 6.92 Å². The van der Waals surface area contributed by atoms with Crippen LogP contribution >= 0.6 is 0 Å². The zero-order chi connectivity index (χ0) is 16.4. The first-order valence-corrected chi connectivity index (χ1v) is 9.88. The lowest BCUT2D eigenvalue weighted by molar-refractivity contribution is -0.143. The number of hydrogen-bond acceptors (Lipinski definition) is 2. The van der Waals surface area contributed by atoms with Crippen molar-refractivity contribution in [3.63, 3.8) is 0 Å². The minimum Gasteiger partial charge on any atom is -0.300 e. The third-order valence-electron chi connectivity index (χ3n) is 8.97. The second-order valence-electron chi connectivity index (χ2n) is 9.68. The molecule has 2 nitrogen and oxygen atoms in total. The zero-order valence-electron chi connectivity index (χ0n) is 15.1. The zero-order valence-corrected chi connectivity index (χ0v) is 15.1. The van der Waals surface area contributed by atoms with Crippen LogP contribution in [0.2, 0.25) is 0 Å². The molecule has 2 heteroatoms. The summed E-state index contributed by atoms with van der Waals surface area (Å²) in [5.74, 6) is 4.25. The Kier molecular flexibility index (Phi) is 3.56. The quantitative estimate of drug-likeness (QED) is 0.696. The van der Waals surface area contributed by atoms with Crippen molar-refractivity contribution in [2.45, 2.75) is 78.6 Å². The fraction of sp³-hybridized carbons (Fsp3) is 0.905. The molecule has 0 saturated heterocycles. The molecular formula is C21H32O2. The standard InChI is InChI=1S/C21H32O2/c1-13(22)17-6-7-18-16-5-4-14-12-15(23)8-10-20(14,2)19(16)9-11-21(17,18)3/h14,16-19H,4-12H2,1-3H3/t14-,16-,17+,18+,19+,20-,21+/m0/s1. The van der Waals surface area contributed by atoms with Crippen LogP contribution in [0.5, 0.6) is 0 Å². The average Bonchev–Trinajstić information content (AvgIpc) is 2.85. The molecule has 4 rings (SSSR count). The molecule has 0 amide bonds. The Hall–Kier alpha value is -0.660. The van der Waals surface area contributed by atoms with E-state index in [2.05, 4.69) is 13.8 Å². The second-order valence-corrected chi connectivity index (χ2v) is 9.68. The van der Waals surface area contributed by atoms with E-state index in [0.717, 1.165) is 43.4 Å². The van der Waals surface area contributed by atoms with E-state index in [4.69, 9.17) is 0 Å². The molecule has 0 radical (unpaired) electrons. The van der Waals surface area contributed by atoms with Crippen LogP contribution in [0.25, 0.3) is 0 Å². The molecule has 0 aliphatic heterocycles. The lowest BCUT2D eigenvalue weighted by Crippen LogP contribution is -2.53. The first kappa shape index (κ1) is 15.8. The van der Waals surface area contributed by atoms with Gasteiger partial charge in [0.25, 0.3) is 0 Å². The molecule has 4 fully saturated rings. The molecule has 0 N–H and O–H groups in total. The first-order chi connectivity index (χ1) is 10.9. The van der Waals surface area contributed by atoms with E-state index >= 15 is 0 Å². The highest BCUT2D eigenvalue weighted by molar-refractivity contribution is 5.80. The Morgan fingerprint density at radius 1 is 0.957 bits per heavy atom. The highest BCUT2D eigenvalue weighted by Gasteiger charge is 2.60. The van der Waals surface area contributed by atoms with Crippen molar-refractivity contribution in [3.05, 3.63) is 0 Å². The maximum Gasteiger partial charge on any atom is 0.133 e. The summed E-state index contributed by atoms with van der Waals surface area (Å²) in [6, 6.07) is 0. The van der Waals surface area contributed by atoms with Gasteiger partial charge in [-0.1, -0.05) is 13.8 Å². The number of Topliss-reactive ketones (excluding diaryl/α,β-unsaturated/α-hetero) is 2. The Morgan fingerprint density at radius 2 is 1.70 bits per heavy atom. The Labute approximate surface area is 140 Å². The molecule has 0 heterocycles. The van der Waals surface area contributed by atoms with Crippen LogP contribution in [0.1, 0.15) is 78.6 Å². The lowest BCUT2D eigenvalue weighted by atomic mass is 9.44. The van der Waals surface area contributed by atoms with Gasteiger partial charge in [-0.25, -0.2) is 0 Å². The first-order valence-electron chi connectivity index (χ1n) is 9.88. The summed E-state index contributed by atoms with van der Waals surface area (Å²) in [5, 5.41) is 0. The van der Waals surface area contributed by atoms with Gasteiger partial charge in [-0.2, -0.15) is 0 Å². The second kappa shape index (κ2) is 5.17. The van der Waals surface area contributed by atoms with E-state index in [1.54, 1.807) is 0 Å². The third-order valence-corrected chi connectivity index (χ3v) is 8.97. The van der Waals surface area contributed by atoms with Gasteiger partial charge in [0.15, 0.2) is 0 Å². The minimum absolute atomic E-state index is 0.265. The van der Waals surface area contributed by atoms with Crippen molar-refractivity contribution in [1.82, 2.24) is 0 Å². The van der Waals surface area contributed by atoms with Crippen LogP contribution in [0, 0.1) is 40.4 Å². The van der Waals surface area contributed by atoms with Gasteiger partial charge >= 0.3 is 0 Å². The molecule has 4 aliphatic rings. The maximum absolute atomic E-state index is 12.2. The van der Waals surface area contributed by atoms with Gasteiger partial charge < -0.3 is 0 Å². The third kappa shape index (κ3) is 2.12. The predicted octanol–water partition coefficient (Wildman–Crippen LogP) is 4.80. The lowest BCUT2D eigenvalue weighted by Gasteiger charge is -2.60. The van der Waals surface area contributed by atoms with Crippen LogP contribution < -0.4 is 0 Å². The molecule has 7 atom stereocenters. The fourth-order valence-electron chi connectivity index (χ4n) is 7.71. The Balaban J connectivity index is 1.63. The van der Waals surface area contributed by atoms with Gasteiger partial charge in [-0.05, 0) is 86.4 Å². The van der Waals surface area contributed by atoms with Crippen LogP contribution in [0.15, 0.2) is 0 Å². The van der Waals surface area contributed by atoms with Crippen molar-refractivity contribution in [1.29, 1.82) is 0 Å². The fourth-order valence-corrected chi connectivity index (χ4v) is 7.71. The van der Waals surface area contributed by atoms with Gasteiger partial charge in [-0.15, -0.1) is 0 Å². The van der Waals surface area contributed by atoms with Gasteiger partial charge in [-0.3, -0.25) is 9.59 Å². The van der Waals surface area contributed by atoms with Crippen LogP contribution in [-0.4, -0.2) is 11.6 Å². The molecule has 128 valence electrons. The Bertz CT molecular complexity index is 538. The average molecular weight is 316 g/mol. The van der Waals surface area contributed by atoms with E-state index in [9.17, 15) is 9.59 Å². The van der Waals surface area contributed by atoms with Crippen LogP contribution in [-0.2, 0) is 9.59 Å². The van der Waals surface area contributed by atoms with E-state index in [-0.39, 0.29) is 5.41 Å². The molecule has 0 unspecified atom stereocenters. The molecule has 0 bridgehead atoms. The highest BCUT2D eigenvalue weighted by Crippen LogP contribution is 2.67. The predicted molar refractivity (Wildman–Crippen MR) is 90.9 cm³/mol. The number of ketones is 2. The summed E-state index contributed by atoms with van der Waals surface area (Å²) < 4.78 is 0. The van der Waals surface area contributed by atoms with Crippen LogP contribution in [0.3, 0.4) is 0 Å². The van der Waals surface area contributed by atoms with Crippen molar-refractivity contribution in [2.75, 3.05) is 0 Å². The minimum atomic E-state index is 0.265. The highest BCUT2D eigenvalue weighted by atomic mass is 16.1. The number of rotatable bonds is 1. The SMILES string of the molecule is CC(=O)[C@H]1CC[C@@H]2[C@@H]3CC[C@H]4CC(=O)CC[C@]4(C)[C@@H]3CC[C@]12C. The van der Waals surface area contributed by atoms with Gasteiger partial charge in [0.1, 0.15) is 11.6 Å². The van der Waals surface area contributed by atoms with Crippen molar-refractivity contribution in [3.8, 4) is 0 Å². The summed E-state index contributed by atoms with van der Waals surface area (Å²) in [7, 11) is 0. The summed E-state index contributed by atoms with van der Waals surface area (Å²) in [6.07, 6.45) is 10.3. The van der Waals surface area contributed by atoms with E-state index in [0.29, 0.717) is 28.8 Å². The van der Waals surface area contributed by atoms with Crippen molar-refractivity contribution < 1.29 is 9.59 Å². The molecule has 0 aromatic carbocycles. The van der Waals surface area contributed by atoms with Crippen molar-refractivity contribution >= 4 is 11.6 Å². The number of hydrogen-bond donors (Lipinski definition) is 0. The van der Waals surface area contributed by atoms with Gasteiger partial charge in [0.05, 0.1) is 0 Å². The molecule has 0 aromatic heterocycles. The molecule has 4 aliphatic carbocycles. The number of fused-ring (bicyclic) bond motifs is 5. The van der Waals surface area contributed by atoms with Crippen LogP contribution in [0.4, 0.5) is 0 Å². The number of carbonyl (C=O) groups is 2. The normalized spacial score (nSPS) is 52.5. The summed E-state index contributed by atoms with van der Waals surface area (Å²) >= 11 is 0. The monoisotopic (exact) mass is 316 g/mol. The molecule has 0 spiro atoms. The van der Waals surface area contributed by atoms with Gasteiger partial charge in [0.2, 0.25) is 0 Å². The molecular weight excluding hydrogens is 284 g/mol. The summed E-state index contributed by atoms with van der Waals surface area (Å²) in [4.78, 5) is 24.1. The number of carbonyl (C=O) groups excluding carboxylic acids is 2. The maximum atomic E-state index is 12.2.